The fourth-order valence-corrected chi connectivity index (χ4v) is 2.43. The molecule has 0 saturated carbocycles. The summed E-state index contributed by atoms with van der Waals surface area (Å²) in [5.41, 5.74) is 1.95. The van der Waals surface area contributed by atoms with Gasteiger partial charge in [-0.15, -0.1) is 0 Å². The van der Waals surface area contributed by atoms with E-state index < -0.39 is 0 Å². The summed E-state index contributed by atoms with van der Waals surface area (Å²) in [7, 11) is 0. The molecule has 94 valence electrons. The van der Waals surface area contributed by atoms with E-state index >= 15 is 0 Å². The largest absolute Gasteiger partial charge is 0.339 e. The lowest BCUT2D eigenvalue weighted by atomic mass is 10.1. The van der Waals surface area contributed by atoms with Gasteiger partial charge in [0.2, 0.25) is 0 Å². The third kappa shape index (κ3) is 2.43. The number of nitrogens with zero attached hydrogens (tertiary/aromatic N) is 2. The van der Waals surface area contributed by atoms with E-state index in [1.165, 1.54) is 19.3 Å². The van der Waals surface area contributed by atoms with E-state index in [0.29, 0.717) is 6.04 Å². The summed E-state index contributed by atoms with van der Waals surface area (Å²) in [5.74, 6) is 1.04. The van der Waals surface area contributed by atoms with Gasteiger partial charge in [-0.05, 0) is 31.5 Å². The average Bonchev–Trinajstić information content (AvgIpc) is 2.76. The van der Waals surface area contributed by atoms with E-state index in [0.717, 1.165) is 30.2 Å². The second-order valence-electron chi connectivity index (χ2n) is 4.75. The maximum atomic E-state index is 4.50. The van der Waals surface area contributed by atoms with Gasteiger partial charge in [0.1, 0.15) is 5.82 Å². The predicted octanol–water partition coefficient (Wildman–Crippen LogP) is 2.68. The highest BCUT2D eigenvalue weighted by atomic mass is 15.0. The maximum Gasteiger partial charge on any atom is 0.123 e. The standard InChI is InChI=1S/C14H18N4/c1-2-7-12(16-8-4-1)14-17-10-13(18-14)11-6-3-5-9-15-11/h3,5-6,9-10,12,16H,1-2,4,7-8H2,(H,17,18). The van der Waals surface area contributed by atoms with Gasteiger partial charge < -0.3 is 10.3 Å². The third-order valence-corrected chi connectivity index (χ3v) is 3.43. The monoisotopic (exact) mass is 242 g/mol. The first-order chi connectivity index (χ1) is 8.93. The van der Waals surface area contributed by atoms with Crippen LogP contribution in [0.4, 0.5) is 0 Å². The summed E-state index contributed by atoms with van der Waals surface area (Å²) < 4.78 is 0. The molecule has 18 heavy (non-hydrogen) atoms. The van der Waals surface area contributed by atoms with Gasteiger partial charge in [0.25, 0.3) is 0 Å². The maximum absolute atomic E-state index is 4.50. The molecule has 0 aromatic carbocycles. The van der Waals surface area contributed by atoms with Crippen molar-refractivity contribution in [3.05, 3.63) is 36.4 Å². The second-order valence-corrected chi connectivity index (χ2v) is 4.75. The van der Waals surface area contributed by atoms with Gasteiger partial charge in [0.15, 0.2) is 0 Å². The number of pyridine rings is 1. The molecule has 0 bridgehead atoms. The molecule has 2 aromatic heterocycles. The first kappa shape index (κ1) is 11.4. The molecule has 1 aliphatic heterocycles. The van der Waals surface area contributed by atoms with E-state index in [4.69, 9.17) is 0 Å². The van der Waals surface area contributed by atoms with Crippen molar-refractivity contribution in [2.75, 3.05) is 6.54 Å². The highest BCUT2D eigenvalue weighted by molar-refractivity contribution is 5.52. The molecule has 1 unspecified atom stereocenters. The van der Waals surface area contributed by atoms with Crippen LogP contribution in [0.15, 0.2) is 30.6 Å². The van der Waals surface area contributed by atoms with Crippen LogP contribution in [0.2, 0.25) is 0 Å². The minimum atomic E-state index is 0.366. The molecule has 0 amide bonds. The summed E-state index contributed by atoms with van der Waals surface area (Å²) in [6.45, 7) is 1.09. The topological polar surface area (TPSA) is 53.6 Å². The summed E-state index contributed by atoms with van der Waals surface area (Å²) in [6, 6.07) is 6.28. The minimum Gasteiger partial charge on any atom is -0.339 e. The third-order valence-electron chi connectivity index (χ3n) is 3.43. The Hall–Kier alpha value is -1.68. The fraction of sp³-hybridized carbons (Fsp3) is 0.429. The molecule has 4 heteroatoms. The molecule has 3 heterocycles. The minimum absolute atomic E-state index is 0.366. The van der Waals surface area contributed by atoms with Crippen LogP contribution in [-0.4, -0.2) is 21.5 Å². The Balaban J connectivity index is 1.80. The normalized spacial score (nSPS) is 20.6. The van der Waals surface area contributed by atoms with Crippen LogP contribution in [0.5, 0.6) is 0 Å². The van der Waals surface area contributed by atoms with Crippen LogP contribution in [0.25, 0.3) is 11.4 Å². The molecule has 3 rings (SSSR count). The number of hydrogen-bond acceptors (Lipinski definition) is 3. The van der Waals surface area contributed by atoms with Crippen molar-refractivity contribution >= 4 is 0 Å². The van der Waals surface area contributed by atoms with Gasteiger partial charge in [-0.1, -0.05) is 18.9 Å². The van der Waals surface area contributed by atoms with Crippen LogP contribution in [0.3, 0.4) is 0 Å². The second kappa shape index (κ2) is 5.31. The lowest BCUT2D eigenvalue weighted by Gasteiger charge is -2.12. The molecule has 4 nitrogen and oxygen atoms in total. The van der Waals surface area contributed by atoms with Gasteiger partial charge >= 0.3 is 0 Å². The van der Waals surface area contributed by atoms with Crippen LogP contribution in [-0.2, 0) is 0 Å². The van der Waals surface area contributed by atoms with Crippen LogP contribution in [0.1, 0.15) is 37.5 Å². The quantitative estimate of drug-likeness (QED) is 0.851. The van der Waals surface area contributed by atoms with E-state index in [9.17, 15) is 0 Å². The van der Waals surface area contributed by atoms with E-state index in [1.807, 2.05) is 24.4 Å². The number of rotatable bonds is 2. The molecule has 2 N–H and O–H groups in total. The van der Waals surface area contributed by atoms with Crippen molar-refractivity contribution < 1.29 is 0 Å². The summed E-state index contributed by atoms with van der Waals surface area (Å²) in [6.07, 6.45) is 8.71. The molecular formula is C14H18N4. The summed E-state index contributed by atoms with van der Waals surface area (Å²) >= 11 is 0. The number of hydrogen-bond donors (Lipinski definition) is 2. The van der Waals surface area contributed by atoms with Gasteiger partial charge in [0, 0.05) is 6.20 Å². The van der Waals surface area contributed by atoms with Gasteiger partial charge in [-0.3, -0.25) is 4.98 Å². The van der Waals surface area contributed by atoms with Gasteiger partial charge in [-0.25, -0.2) is 4.98 Å². The first-order valence-corrected chi connectivity index (χ1v) is 6.63. The molecule has 2 aromatic rings. The van der Waals surface area contributed by atoms with E-state index in [1.54, 1.807) is 6.20 Å². The smallest absolute Gasteiger partial charge is 0.123 e. The molecule has 0 spiro atoms. The Bertz CT molecular complexity index is 484. The SMILES string of the molecule is c1ccc(-c2cnc(C3CCCCCN3)[nH]2)nc1. The zero-order chi connectivity index (χ0) is 12.2. The zero-order valence-electron chi connectivity index (χ0n) is 10.4. The summed E-state index contributed by atoms with van der Waals surface area (Å²) in [5, 5.41) is 3.55. The van der Waals surface area contributed by atoms with Crippen molar-refractivity contribution in [3.63, 3.8) is 0 Å². The average molecular weight is 242 g/mol. The van der Waals surface area contributed by atoms with Crippen molar-refractivity contribution in [3.8, 4) is 11.4 Å². The molecule has 1 atom stereocenters. The number of aromatic amines is 1. The fourth-order valence-electron chi connectivity index (χ4n) is 2.43. The Morgan fingerprint density at radius 2 is 2.11 bits per heavy atom. The van der Waals surface area contributed by atoms with Crippen LogP contribution < -0.4 is 5.32 Å². The number of imidazole rings is 1. The Kier molecular flexibility index (Phi) is 3.37. The molecule has 0 aliphatic carbocycles. The molecule has 1 aliphatic rings. The van der Waals surface area contributed by atoms with E-state index in [2.05, 4.69) is 20.3 Å². The van der Waals surface area contributed by atoms with Crippen molar-refractivity contribution in [2.45, 2.75) is 31.7 Å². The molecule has 0 radical (unpaired) electrons. The Morgan fingerprint density at radius 1 is 1.11 bits per heavy atom. The zero-order valence-corrected chi connectivity index (χ0v) is 10.4. The number of H-pyrrole nitrogens is 1. The van der Waals surface area contributed by atoms with Crippen LogP contribution in [0, 0.1) is 0 Å². The van der Waals surface area contributed by atoms with Crippen molar-refractivity contribution in [1.29, 1.82) is 0 Å². The molecule has 1 saturated heterocycles. The predicted molar refractivity (Wildman–Crippen MR) is 71.0 cm³/mol. The Labute approximate surface area is 107 Å². The highest BCUT2D eigenvalue weighted by Crippen LogP contribution is 2.22. The molecule has 1 fully saturated rings. The lowest BCUT2D eigenvalue weighted by molar-refractivity contribution is 0.512. The highest BCUT2D eigenvalue weighted by Gasteiger charge is 2.16. The summed E-state index contributed by atoms with van der Waals surface area (Å²) in [4.78, 5) is 12.2. The van der Waals surface area contributed by atoms with Gasteiger partial charge in [-0.2, -0.15) is 0 Å². The van der Waals surface area contributed by atoms with E-state index in [-0.39, 0.29) is 0 Å². The first-order valence-electron chi connectivity index (χ1n) is 6.63. The lowest BCUT2D eigenvalue weighted by Crippen LogP contribution is -2.21. The number of nitrogens with one attached hydrogen (secondary N) is 2. The Morgan fingerprint density at radius 3 is 3.00 bits per heavy atom. The van der Waals surface area contributed by atoms with Crippen LogP contribution >= 0.6 is 0 Å². The van der Waals surface area contributed by atoms with Crippen molar-refractivity contribution in [1.82, 2.24) is 20.3 Å². The van der Waals surface area contributed by atoms with Crippen molar-refractivity contribution in [2.24, 2.45) is 0 Å². The molecular weight excluding hydrogens is 224 g/mol. The number of aromatic nitrogens is 3. The van der Waals surface area contributed by atoms with Gasteiger partial charge in [0.05, 0.1) is 23.6 Å².